The summed E-state index contributed by atoms with van der Waals surface area (Å²) in [6, 6.07) is 7.44. The number of guanidine groups is 1. The zero-order valence-corrected chi connectivity index (χ0v) is 19.8. The number of methoxy groups -OCH3 is 1. The van der Waals surface area contributed by atoms with Crippen molar-refractivity contribution in [1.82, 2.24) is 16.0 Å². The van der Waals surface area contributed by atoms with Crippen LogP contribution in [-0.2, 0) is 4.74 Å². The number of halogens is 1. The number of ether oxygens (including phenoxy) is 3. The Balaban J connectivity index is 0.00000729. The van der Waals surface area contributed by atoms with Gasteiger partial charge in [0.15, 0.2) is 5.96 Å². The van der Waals surface area contributed by atoms with E-state index < -0.39 is 11.7 Å². The van der Waals surface area contributed by atoms with Crippen molar-refractivity contribution in [2.75, 3.05) is 33.8 Å². The topological polar surface area (TPSA) is 93.2 Å². The number of carbonyl (C=O) groups excluding carboxylic acids is 1. The van der Waals surface area contributed by atoms with E-state index in [4.69, 9.17) is 14.2 Å². The molecule has 1 aromatic rings. The maximum absolute atomic E-state index is 11.6. The van der Waals surface area contributed by atoms with Gasteiger partial charge in [-0.2, -0.15) is 0 Å². The Kier molecular flexibility index (Phi) is 12.4. The van der Waals surface area contributed by atoms with Gasteiger partial charge in [-0.15, -0.1) is 24.0 Å². The van der Waals surface area contributed by atoms with Gasteiger partial charge in [-0.3, -0.25) is 4.99 Å². The van der Waals surface area contributed by atoms with Crippen LogP contribution in [0, 0.1) is 0 Å². The Morgan fingerprint density at radius 1 is 1.07 bits per heavy atom. The van der Waals surface area contributed by atoms with Crippen LogP contribution in [0.25, 0.3) is 0 Å². The Morgan fingerprint density at radius 3 is 2.18 bits per heavy atom. The van der Waals surface area contributed by atoms with Gasteiger partial charge < -0.3 is 30.2 Å². The molecule has 0 bridgehead atoms. The van der Waals surface area contributed by atoms with Gasteiger partial charge in [0.25, 0.3) is 0 Å². The lowest BCUT2D eigenvalue weighted by Gasteiger charge is -2.20. The molecule has 1 amide bonds. The van der Waals surface area contributed by atoms with Gasteiger partial charge in [-0.05, 0) is 52.0 Å². The average molecular weight is 508 g/mol. The molecule has 0 aliphatic heterocycles. The van der Waals surface area contributed by atoms with Gasteiger partial charge in [-0.1, -0.05) is 0 Å². The quantitative estimate of drug-likeness (QED) is 0.217. The number of alkyl carbamates (subject to hydrolysis) is 1. The van der Waals surface area contributed by atoms with E-state index in [1.165, 1.54) is 0 Å². The molecule has 1 atom stereocenters. The standard InChI is InChI=1S/C19H32N4O4.HI/c1-14(26-16-9-7-15(25-6)8-10-16)13-23-17(20-5)21-11-12-22-18(24)27-19(2,3)4;/h7-10,14H,11-13H2,1-6H3,(H,22,24)(H2,20,21,23);1H. The molecular weight excluding hydrogens is 475 g/mol. The minimum Gasteiger partial charge on any atom is -0.497 e. The third-order valence-electron chi connectivity index (χ3n) is 3.26. The van der Waals surface area contributed by atoms with E-state index in [0.717, 1.165) is 11.5 Å². The van der Waals surface area contributed by atoms with Crippen LogP contribution in [0.3, 0.4) is 0 Å². The SMILES string of the molecule is CN=C(NCCNC(=O)OC(C)(C)C)NCC(C)Oc1ccc(OC)cc1.I. The van der Waals surface area contributed by atoms with E-state index in [-0.39, 0.29) is 30.1 Å². The van der Waals surface area contributed by atoms with E-state index in [2.05, 4.69) is 20.9 Å². The largest absolute Gasteiger partial charge is 0.497 e. The Morgan fingerprint density at radius 2 is 1.64 bits per heavy atom. The number of carbonyl (C=O) groups is 1. The van der Waals surface area contributed by atoms with Gasteiger partial charge in [0, 0.05) is 20.1 Å². The first-order valence-corrected chi connectivity index (χ1v) is 8.95. The van der Waals surface area contributed by atoms with E-state index in [9.17, 15) is 4.79 Å². The first-order chi connectivity index (χ1) is 12.7. The highest BCUT2D eigenvalue weighted by Crippen LogP contribution is 2.17. The van der Waals surface area contributed by atoms with Gasteiger partial charge in [0.2, 0.25) is 0 Å². The van der Waals surface area contributed by atoms with Gasteiger partial charge >= 0.3 is 6.09 Å². The van der Waals surface area contributed by atoms with Crippen molar-refractivity contribution in [1.29, 1.82) is 0 Å². The smallest absolute Gasteiger partial charge is 0.407 e. The van der Waals surface area contributed by atoms with Crippen molar-refractivity contribution < 1.29 is 19.0 Å². The fraction of sp³-hybridized carbons (Fsp3) is 0.579. The summed E-state index contributed by atoms with van der Waals surface area (Å²) in [7, 11) is 3.32. The van der Waals surface area contributed by atoms with Crippen molar-refractivity contribution in [3.05, 3.63) is 24.3 Å². The first-order valence-electron chi connectivity index (χ1n) is 8.95. The number of rotatable bonds is 8. The minimum atomic E-state index is -0.505. The maximum atomic E-state index is 11.6. The highest BCUT2D eigenvalue weighted by Gasteiger charge is 2.15. The van der Waals surface area contributed by atoms with Gasteiger partial charge in [0.05, 0.1) is 13.7 Å². The summed E-state index contributed by atoms with van der Waals surface area (Å²) >= 11 is 0. The molecule has 0 aromatic heterocycles. The lowest BCUT2D eigenvalue weighted by Crippen LogP contribution is -2.44. The fourth-order valence-corrected chi connectivity index (χ4v) is 2.05. The summed E-state index contributed by atoms with van der Waals surface area (Å²) in [4.78, 5) is 15.7. The van der Waals surface area contributed by atoms with Crippen LogP contribution in [0.2, 0.25) is 0 Å². The molecule has 1 rings (SSSR count). The van der Waals surface area contributed by atoms with E-state index in [1.807, 2.05) is 52.0 Å². The lowest BCUT2D eigenvalue weighted by molar-refractivity contribution is 0.0529. The van der Waals surface area contributed by atoms with Crippen LogP contribution in [-0.4, -0.2) is 57.5 Å². The molecular formula is C19H33IN4O4. The van der Waals surface area contributed by atoms with E-state index in [1.54, 1.807) is 14.2 Å². The second-order valence-corrected chi connectivity index (χ2v) is 6.91. The lowest BCUT2D eigenvalue weighted by atomic mass is 10.2. The van der Waals surface area contributed by atoms with Crippen molar-refractivity contribution in [2.24, 2.45) is 4.99 Å². The summed E-state index contributed by atoms with van der Waals surface area (Å²) in [5.41, 5.74) is -0.505. The summed E-state index contributed by atoms with van der Waals surface area (Å²) in [6.45, 7) is 8.96. The molecule has 8 nitrogen and oxygen atoms in total. The summed E-state index contributed by atoms with van der Waals surface area (Å²) in [6.07, 6.45) is -0.495. The van der Waals surface area contributed by atoms with E-state index >= 15 is 0 Å². The normalized spacial score (nSPS) is 12.3. The third-order valence-corrected chi connectivity index (χ3v) is 3.26. The fourth-order valence-electron chi connectivity index (χ4n) is 2.05. The van der Waals surface area contributed by atoms with Crippen LogP contribution in [0.1, 0.15) is 27.7 Å². The Labute approximate surface area is 184 Å². The number of aliphatic imine (C=N–C) groups is 1. The monoisotopic (exact) mass is 508 g/mol. The number of nitrogens with one attached hydrogen (secondary N) is 3. The van der Waals surface area contributed by atoms with Gasteiger partial charge in [-0.25, -0.2) is 4.79 Å². The molecule has 0 saturated heterocycles. The van der Waals surface area contributed by atoms with Crippen LogP contribution in [0.15, 0.2) is 29.3 Å². The van der Waals surface area contributed by atoms with E-state index in [0.29, 0.717) is 25.6 Å². The molecule has 0 heterocycles. The zero-order valence-electron chi connectivity index (χ0n) is 17.5. The van der Waals surface area contributed by atoms with Crippen molar-refractivity contribution in [2.45, 2.75) is 39.4 Å². The molecule has 0 saturated carbocycles. The van der Waals surface area contributed by atoms with Crippen LogP contribution >= 0.6 is 24.0 Å². The molecule has 1 unspecified atom stereocenters. The molecule has 160 valence electrons. The number of hydrogen-bond acceptors (Lipinski definition) is 5. The Bertz CT molecular complexity index is 603. The maximum Gasteiger partial charge on any atom is 0.407 e. The predicted octanol–water partition coefficient (Wildman–Crippen LogP) is 2.77. The number of amides is 1. The number of benzene rings is 1. The zero-order chi connectivity index (χ0) is 20.3. The Hall–Kier alpha value is -1.91. The van der Waals surface area contributed by atoms with Crippen molar-refractivity contribution >= 4 is 36.0 Å². The average Bonchev–Trinajstić information content (AvgIpc) is 2.60. The van der Waals surface area contributed by atoms with Crippen molar-refractivity contribution in [3.63, 3.8) is 0 Å². The summed E-state index contributed by atoms with van der Waals surface area (Å²) < 4.78 is 16.1. The molecule has 1 aromatic carbocycles. The van der Waals surface area contributed by atoms with Crippen molar-refractivity contribution in [3.8, 4) is 11.5 Å². The molecule has 0 fully saturated rings. The third kappa shape index (κ3) is 11.7. The second-order valence-electron chi connectivity index (χ2n) is 6.91. The van der Waals surface area contributed by atoms with Crippen LogP contribution in [0.4, 0.5) is 4.79 Å². The highest BCUT2D eigenvalue weighted by atomic mass is 127. The molecule has 0 aliphatic rings. The summed E-state index contributed by atoms with van der Waals surface area (Å²) in [5.74, 6) is 2.19. The molecule has 9 heteroatoms. The predicted molar refractivity (Wildman–Crippen MR) is 122 cm³/mol. The molecule has 3 N–H and O–H groups in total. The number of nitrogens with zero attached hydrogens (tertiary/aromatic N) is 1. The second kappa shape index (κ2) is 13.3. The highest BCUT2D eigenvalue weighted by molar-refractivity contribution is 14.0. The molecule has 0 aliphatic carbocycles. The molecule has 28 heavy (non-hydrogen) atoms. The first kappa shape index (κ1) is 26.1. The molecule has 0 spiro atoms. The minimum absolute atomic E-state index is 0. The van der Waals surface area contributed by atoms with Crippen LogP contribution in [0.5, 0.6) is 11.5 Å². The molecule has 0 radical (unpaired) electrons. The van der Waals surface area contributed by atoms with Crippen LogP contribution < -0.4 is 25.4 Å². The van der Waals surface area contributed by atoms with Gasteiger partial charge in [0.1, 0.15) is 23.2 Å². The summed E-state index contributed by atoms with van der Waals surface area (Å²) in [5, 5.41) is 8.99. The number of hydrogen-bond donors (Lipinski definition) is 3.